The number of pyridine rings is 1. The van der Waals surface area contributed by atoms with Crippen molar-refractivity contribution in [1.82, 2.24) is 9.97 Å². The van der Waals surface area contributed by atoms with Gasteiger partial charge < -0.3 is 10.0 Å². The van der Waals surface area contributed by atoms with E-state index in [9.17, 15) is 4.79 Å². The first kappa shape index (κ1) is 11.5. The molecule has 17 heavy (non-hydrogen) atoms. The van der Waals surface area contributed by atoms with Crippen LogP contribution in [0.1, 0.15) is 15.4 Å². The number of anilines is 2. The van der Waals surface area contributed by atoms with E-state index in [4.69, 9.17) is 5.11 Å². The molecule has 0 amide bonds. The lowest BCUT2D eigenvalue weighted by molar-refractivity contribution is 0.0701. The summed E-state index contributed by atoms with van der Waals surface area (Å²) >= 11 is 1.16. The van der Waals surface area contributed by atoms with Gasteiger partial charge in [-0.1, -0.05) is 11.3 Å². The van der Waals surface area contributed by atoms with E-state index in [0.717, 1.165) is 17.0 Å². The summed E-state index contributed by atoms with van der Waals surface area (Å²) in [6, 6.07) is 3.72. The van der Waals surface area contributed by atoms with E-state index in [1.54, 1.807) is 19.3 Å². The third-order valence-electron chi connectivity index (χ3n) is 2.30. The van der Waals surface area contributed by atoms with Gasteiger partial charge in [0.25, 0.3) is 0 Å². The zero-order chi connectivity index (χ0) is 12.4. The summed E-state index contributed by atoms with van der Waals surface area (Å²) in [5, 5.41) is 9.62. The molecule has 0 unspecified atom stereocenters. The van der Waals surface area contributed by atoms with Crippen molar-refractivity contribution in [3.8, 4) is 0 Å². The van der Waals surface area contributed by atoms with Crippen LogP contribution in [-0.2, 0) is 0 Å². The van der Waals surface area contributed by atoms with Gasteiger partial charge in [-0.05, 0) is 19.1 Å². The number of aromatic nitrogens is 2. The van der Waals surface area contributed by atoms with Crippen molar-refractivity contribution in [3.63, 3.8) is 0 Å². The van der Waals surface area contributed by atoms with Gasteiger partial charge in [0.1, 0.15) is 4.88 Å². The maximum absolute atomic E-state index is 10.9. The zero-order valence-corrected chi connectivity index (χ0v) is 10.2. The molecule has 0 aromatic carbocycles. The molecule has 0 atom stereocenters. The average molecular weight is 249 g/mol. The van der Waals surface area contributed by atoms with E-state index in [0.29, 0.717) is 10.8 Å². The van der Waals surface area contributed by atoms with Crippen LogP contribution in [0.5, 0.6) is 0 Å². The summed E-state index contributed by atoms with van der Waals surface area (Å²) in [6.45, 7) is 1.69. The van der Waals surface area contributed by atoms with Crippen molar-refractivity contribution in [1.29, 1.82) is 0 Å². The number of nitrogens with zero attached hydrogens (tertiary/aromatic N) is 3. The minimum atomic E-state index is -0.939. The molecule has 0 spiro atoms. The maximum atomic E-state index is 10.9. The smallest absolute Gasteiger partial charge is 0.347 e. The molecule has 2 heterocycles. The quantitative estimate of drug-likeness (QED) is 0.904. The number of carboxylic acids is 1. The van der Waals surface area contributed by atoms with Gasteiger partial charge in [0.05, 0.1) is 17.6 Å². The Bertz CT molecular complexity index is 539. The van der Waals surface area contributed by atoms with Crippen molar-refractivity contribution in [2.45, 2.75) is 6.92 Å². The number of carbonyl (C=O) groups is 1. The third-order valence-corrected chi connectivity index (χ3v) is 3.52. The molecule has 0 bridgehead atoms. The number of rotatable bonds is 3. The van der Waals surface area contributed by atoms with Gasteiger partial charge in [-0.25, -0.2) is 9.78 Å². The standard InChI is InChI=1S/C11H11N3O2S/c1-7-9(10(15)16)17-11(13-7)14(2)8-4-3-5-12-6-8/h3-6H,1-2H3,(H,15,16). The molecule has 2 rings (SSSR count). The van der Waals surface area contributed by atoms with Crippen molar-refractivity contribution >= 4 is 28.1 Å². The molecular formula is C11H11N3O2S. The topological polar surface area (TPSA) is 66.3 Å². The second-order valence-electron chi connectivity index (χ2n) is 3.49. The molecular weight excluding hydrogens is 238 g/mol. The molecule has 88 valence electrons. The molecule has 2 aromatic rings. The minimum absolute atomic E-state index is 0.274. The van der Waals surface area contributed by atoms with Crippen LogP contribution in [-0.4, -0.2) is 28.1 Å². The highest BCUT2D eigenvalue weighted by atomic mass is 32.1. The number of hydrogen-bond donors (Lipinski definition) is 1. The maximum Gasteiger partial charge on any atom is 0.347 e. The predicted octanol–water partition coefficient (Wildman–Crippen LogP) is 2.31. The Kier molecular flexibility index (Phi) is 3.06. The Hall–Kier alpha value is -1.95. The van der Waals surface area contributed by atoms with Crippen molar-refractivity contribution in [2.24, 2.45) is 0 Å². The monoisotopic (exact) mass is 249 g/mol. The van der Waals surface area contributed by atoms with Gasteiger partial charge in [-0.2, -0.15) is 0 Å². The summed E-state index contributed by atoms with van der Waals surface area (Å²) in [5.41, 5.74) is 1.41. The van der Waals surface area contributed by atoms with Crippen LogP contribution in [0.2, 0.25) is 0 Å². The molecule has 0 radical (unpaired) electrons. The van der Waals surface area contributed by atoms with Crippen LogP contribution in [0, 0.1) is 6.92 Å². The Morgan fingerprint density at radius 1 is 1.53 bits per heavy atom. The Morgan fingerprint density at radius 2 is 2.29 bits per heavy atom. The molecule has 0 aliphatic heterocycles. The van der Waals surface area contributed by atoms with Crippen molar-refractivity contribution < 1.29 is 9.90 Å². The van der Waals surface area contributed by atoms with E-state index >= 15 is 0 Å². The summed E-state index contributed by atoms with van der Waals surface area (Å²) in [6.07, 6.45) is 3.39. The van der Waals surface area contributed by atoms with Crippen LogP contribution in [0.15, 0.2) is 24.5 Å². The second kappa shape index (κ2) is 4.50. The summed E-state index contributed by atoms with van der Waals surface area (Å²) < 4.78 is 0. The molecule has 0 saturated heterocycles. The fourth-order valence-corrected chi connectivity index (χ4v) is 2.27. The Balaban J connectivity index is 2.35. The lowest BCUT2D eigenvalue weighted by Crippen LogP contribution is -2.08. The highest BCUT2D eigenvalue weighted by Gasteiger charge is 2.16. The minimum Gasteiger partial charge on any atom is -0.477 e. The fraction of sp³-hybridized carbons (Fsp3) is 0.182. The van der Waals surface area contributed by atoms with Crippen LogP contribution in [0.3, 0.4) is 0 Å². The van der Waals surface area contributed by atoms with Crippen LogP contribution >= 0.6 is 11.3 Å². The molecule has 5 nitrogen and oxygen atoms in total. The summed E-state index contributed by atoms with van der Waals surface area (Å²) in [7, 11) is 1.83. The first-order valence-electron chi connectivity index (χ1n) is 4.94. The van der Waals surface area contributed by atoms with E-state index < -0.39 is 5.97 Å². The summed E-state index contributed by atoms with van der Waals surface area (Å²) in [4.78, 5) is 21.3. The lowest BCUT2D eigenvalue weighted by Gasteiger charge is -2.14. The molecule has 0 aliphatic rings. The average Bonchev–Trinajstić information content (AvgIpc) is 2.71. The van der Waals surface area contributed by atoms with E-state index in [-0.39, 0.29) is 4.88 Å². The second-order valence-corrected chi connectivity index (χ2v) is 4.46. The van der Waals surface area contributed by atoms with Gasteiger partial charge in [-0.15, -0.1) is 0 Å². The van der Waals surface area contributed by atoms with Gasteiger partial charge in [0.15, 0.2) is 5.13 Å². The highest BCUT2D eigenvalue weighted by Crippen LogP contribution is 2.29. The third kappa shape index (κ3) is 2.26. The van der Waals surface area contributed by atoms with E-state index in [1.807, 2.05) is 24.1 Å². The van der Waals surface area contributed by atoms with Gasteiger partial charge >= 0.3 is 5.97 Å². The largest absolute Gasteiger partial charge is 0.477 e. The molecule has 1 N–H and O–H groups in total. The fourth-order valence-electron chi connectivity index (χ4n) is 1.39. The Morgan fingerprint density at radius 3 is 2.82 bits per heavy atom. The first-order chi connectivity index (χ1) is 8.09. The molecule has 0 saturated carbocycles. The number of carboxylic acid groups (broad SMARTS) is 1. The van der Waals surface area contributed by atoms with Crippen LogP contribution < -0.4 is 4.90 Å². The van der Waals surface area contributed by atoms with E-state index in [2.05, 4.69) is 9.97 Å². The van der Waals surface area contributed by atoms with Crippen molar-refractivity contribution in [2.75, 3.05) is 11.9 Å². The molecule has 0 fully saturated rings. The first-order valence-corrected chi connectivity index (χ1v) is 5.75. The highest BCUT2D eigenvalue weighted by molar-refractivity contribution is 7.17. The predicted molar refractivity (Wildman–Crippen MR) is 66.1 cm³/mol. The summed E-state index contributed by atoms with van der Waals surface area (Å²) in [5.74, 6) is -0.939. The molecule has 2 aromatic heterocycles. The lowest BCUT2D eigenvalue weighted by atomic mass is 10.4. The van der Waals surface area contributed by atoms with Crippen LogP contribution in [0.25, 0.3) is 0 Å². The van der Waals surface area contributed by atoms with Gasteiger partial charge in [0.2, 0.25) is 0 Å². The number of hydrogen-bond acceptors (Lipinski definition) is 5. The zero-order valence-electron chi connectivity index (χ0n) is 9.41. The van der Waals surface area contributed by atoms with Gasteiger partial charge in [-0.3, -0.25) is 4.98 Å². The van der Waals surface area contributed by atoms with E-state index in [1.165, 1.54) is 0 Å². The Labute approximate surface area is 102 Å². The number of aromatic carboxylic acids is 1. The molecule has 6 heteroatoms. The molecule has 0 aliphatic carbocycles. The van der Waals surface area contributed by atoms with Gasteiger partial charge in [0, 0.05) is 13.2 Å². The van der Waals surface area contributed by atoms with Crippen LogP contribution in [0.4, 0.5) is 10.8 Å². The SMILES string of the molecule is Cc1nc(N(C)c2cccnc2)sc1C(=O)O. The number of aryl methyl sites for hydroxylation is 1. The normalized spacial score (nSPS) is 10.2. The number of thiazole rings is 1. The van der Waals surface area contributed by atoms with Crippen molar-refractivity contribution in [3.05, 3.63) is 35.1 Å².